The molecule has 0 saturated heterocycles. The molecule has 2 nitrogen and oxygen atoms in total. The summed E-state index contributed by atoms with van der Waals surface area (Å²) < 4.78 is 28.4. The van der Waals surface area contributed by atoms with Crippen LogP contribution in [0.4, 0.5) is 8.78 Å². The molecule has 0 heterocycles. The van der Waals surface area contributed by atoms with Gasteiger partial charge in [0.1, 0.15) is 5.75 Å². The lowest BCUT2D eigenvalue weighted by atomic mass is 10.0. The lowest BCUT2D eigenvalue weighted by Gasteiger charge is -2.10. The first-order valence-corrected chi connectivity index (χ1v) is 5.70. The standard InChI is InChI=1S/C12H12ClF2NO/c13-6-1-2-10-8-11(17-12(14)15)4-3-9(10)5-7-16/h3-4,8,12H,1-2,5-6H2. The summed E-state index contributed by atoms with van der Waals surface area (Å²) in [7, 11) is 0. The van der Waals surface area contributed by atoms with E-state index in [1.54, 1.807) is 12.1 Å². The molecule has 1 aromatic carbocycles. The number of hydrogen-bond acceptors (Lipinski definition) is 2. The molecular formula is C12H12ClF2NO. The highest BCUT2D eigenvalue weighted by Crippen LogP contribution is 2.21. The van der Waals surface area contributed by atoms with E-state index in [4.69, 9.17) is 16.9 Å². The fourth-order valence-corrected chi connectivity index (χ4v) is 1.66. The van der Waals surface area contributed by atoms with Crippen molar-refractivity contribution in [3.05, 3.63) is 29.3 Å². The molecule has 0 radical (unpaired) electrons. The van der Waals surface area contributed by atoms with Gasteiger partial charge in [-0.2, -0.15) is 14.0 Å². The molecule has 0 aromatic heterocycles. The first-order chi connectivity index (χ1) is 8.17. The van der Waals surface area contributed by atoms with Crippen LogP contribution >= 0.6 is 11.6 Å². The normalized spacial score (nSPS) is 10.3. The van der Waals surface area contributed by atoms with Gasteiger partial charge in [0, 0.05) is 5.88 Å². The Morgan fingerprint density at radius 1 is 1.35 bits per heavy atom. The minimum absolute atomic E-state index is 0.117. The lowest BCUT2D eigenvalue weighted by molar-refractivity contribution is -0.0498. The predicted octanol–water partition coefficient (Wildman–Crippen LogP) is 3.53. The second-order valence-corrected chi connectivity index (χ2v) is 3.81. The highest BCUT2D eigenvalue weighted by Gasteiger charge is 2.08. The summed E-state index contributed by atoms with van der Waals surface area (Å²) in [5.41, 5.74) is 1.67. The Hall–Kier alpha value is -1.34. The van der Waals surface area contributed by atoms with Gasteiger partial charge in [0.2, 0.25) is 0 Å². The Kier molecular flexibility index (Phi) is 5.71. The smallest absolute Gasteiger partial charge is 0.387 e. The predicted molar refractivity (Wildman–Crippen MR) is 61.4 cm³/mol. The highest BCUT2D eigenvalue weighted by atomic mass is 35.5. The molecule has 0 N–H and O–H groups in total. The van der Waals surface area contributed by atoms with Crippen LogP contribution in [-0.4, -0.2) is 12.5 Å². The summed E-state index contributed by atoms with van der Waals surface area (Å²) in [5.74, 6) is 0.609. The Labute approximate surface area is 104 Å². The Morgan fingerprint density at radius 3 is 2.71 bits per heavy atom. The van der Waals surface area contributed by atoms with Crippen LogP contribution in [0.3, 0.4) is 0 Å². The zero-order valence-electron chi connectivity index (χ0n) is 9.13. The van der Waals surface area contributed by atoms with E-state index in [2.05, 4.69) is 4.74 Å². The van der Waals surface area contributed by atoms with Gasteiger partial charge in [-0.3, -0.25) is 0 Å². The van der Waals surface area contributed by atoms with Crippen LogP contribution in [-0.2, 0) is 12.8 Å². The third-order valence-electron chi connectivity index (χ3n) is 2.25. The molecule has 0 aliphatic heterocycles. The Balaban J connectivity index is 2.89. The van der Waals surface area contributed by atoms with Gasteiger partial charge in [0.05, 0.1) is 12.5 Å². The van der Waals surface area contributed by atoms with Crippen molar-refractivity contribution in [2.24, 2.45) is 0 Å². The maximum absolute atomic E-state index is 12.1. The molecule has 0 aliphatic rings. The molecule has 0 saturated carbocycles. The van der Waals surface area contributed by atoms with E-state index in [-0.39, 0.29) is 12.2 Å². The number of alkyl halides is 3. The molecule has 0 amide bonds. The summed E-state index contributed by atoms with van der Waals surface area (Å²) in [6.45, 7) is -2.84. The fourth-order valence-electron chi connectivity index (χ4n) is 1.53. The second-order valence-electron chi connectivity index (χ2n) is 3.44. The number of nitriles is 1. The third kappa shape index (κ3) is 4.58. The number of benzene rings is 1. The minimum atomic E-state index is -2.84. The number of halogens is 3. The molecule has 1 aromatic rings. The van der Waals surface area contributed by atoms with Gasteiger partial charge in [0.25, 0.3) is 0 Å². The van der Waals surface area contributed by atoms with Gasteiger partial charge in [0.15, 0.2) is 0 Å². The molecule has 0 atom stereocenters. The second kappa shape index (κ2) is 7.08. The molecular weight excluding hydrogens is 248 g/mol. The van der Waals surface area contributed by atoms with Crippen LogP contribution in [0.1, 0.15) is 17.5 Å². The van der Waals surface area contributed by atoms with Gasteiger partial charge < -0.3 is 4.74 Å². The van der Waals surface area contributed by atoms with Crippen LogP contribution in [0.5, 0.6) is 5.75 Å². The first-order valence-electron chi connectivity index (χ1n) is 5.17. The molecule has 0 bridgehead atoms. The number of nitrogens with zero attached hydrogens (tertiary/aromatic N) is 1. The number of aryl methyl sites for hydroxylation is 1. The van der Waals surface area contributed by atoms with Crippen LogP contribution in [0.15, 0.2) is 18.2 Å². The minimum Gasteiger partial charge on any atom is -0.435 e. The summed E-state index contributed by atoms with van der Waals surface area (Å²) >= 11 is 5.59. The Morgan fingerprint density at radius 2 is 2.12 bits per heavy atom. The van der Waals surface area contributed by atoms with Crippen molar-refractivity contribution in [3.63, 3.8) is 0 Å². The maximum Gasteiger partial charge on any atom is 0.387 e. The topological polar surface area (TPSA) is 33.0 Å². The van der Waals surface area contributed by atoms with E-state index in [0.29, 0.717) is 12.3 Å². The first kappa shape index (κ1) is 13.7. The van der Waals surface area contributed by atoms with Crippen molar-refractivity contribution in [2.75, 3.05) is 5.88 Å². The summed E-state index contributed by atoms with van der Waals surface area (Å²) in [6, 6.07) is 6.68. The van der Waals surface area contributed by atoms with Crippen molar-refractivity contribution < 1.29 is 13.5 Å². The maximum atomic E-state index is 12.1. The van der Waals surface area contributed by atoms with Gasteiger partial charge in [-0.25, -0.2) is 0 Å². The quantitative estimate of drug-likeness (QED) is 0.732. The van der Waals surface area contributed by atoms with E-state index in [0.717, 1.165) is 17.5 Å². The monoisotopic (exact) mass is 259 g/mol. The van der Waals surface area contributed by atoms with Gasteiger partial charge in [-0.15, -0.1) is 11.6 Å². The third-order valence-corrected chi connectivity index (χ3v) is 2.52. The van der Waals surface area contributed by atoms with Crippen LogP contribution in [0, 0.1) is 11.3 Å². The van der Waals surface area contributed by atoms with Crippen molar-refractivity contribution in [1.29, 1.82) is 5.26 Å². The summed E-state index contributed by atoms with van der Waals surface area (Å²) in [6.07, 6.45) is 1.64. The number of rotatable bonds is 6. The van der Waals surface area contributed by atoms with E-state index < -0.39 is 6.61 Å². The highest BCUT2D eigenvalue weighted by molar-refractivity contribution is 6.17. The van der Waals surface area contributed by atoms with Gasteiger partial charge in [-0.05, 0) is 36.1 Å². The van der Waals surface area contributed by atoms with Crippen LogP contribution in [0.2, 0.25) is 0 Å². The Bertz CT molecular complexity index is 404. The van der Waals surface area contributed by atoms with Crippen molar-refractivity contribution >= 4 is 11.6 Å². The molecule has 0 unspecified atom stereocenters. The van der Waals surface area contributed by atoms with Gasteiger partial charge >= 0.3 is 6.61 Å². The summed E-state index contributed by atoms with van der Waals surface area (Å²) in [5, 5.41) is 8.66. The zero-order chi connectivity index (χ0) is 12.7. The molecule has 0 fully saturated rings. The average Bonchev–Trinajstić information content (AvgIpc) is 2.28. The number of ether oxygens (including phenoxy) is 1. The molecule has 17 heavy (non-hydrogen) atoms. The SMILES string of the molecule is N#CCc1ccc(OC(F)F)cc1CCCCl. The lowest BCUT2D eigenvalue weighted by Crippen LogP contribution is -2.03. The molecule has 92 valence electrons. The van der Waals surface area contributed by atoms with Crippen molar-refractivity contribution in [1.82, 2.24) is 0 Å². The molecule has 0 spiro atoms. The number of hydrogen-bond donors (Lipinski definition) is 0. The van der Waals surface area contributed by atoms with E-state index in [1.807, 2.05) is 6.07 Å². The van der Waals surface area contributed by atoms with Gasteiger partial charge in [-0.1, -0.05) is 6.07 Å². The molecule has 1 rings (SSSR count). The summed E-state index contributed by atoms with van der Waals surface area (Å²) in [4.78, 5) is 0. The van der Waals surface area contributed by atoms with E-state index >= 15 is 0 Å². The fraction of sp³-hybridized carbons (Fsp3) is 0.417. The van der Waals surface area contributed by atoms with E-state index in [9.17, 15) is 8.78 Å². The zero-order valence-corrected chi connectivity index (χ0v) is 9.88. The largest absolute Gasteiger partial charge is 0.435 e. The van der Waals surface area contributed by atoms with Crippen LogP contribution < -0.4 is 4.74 Å². The van der Waals surface area contributed by atoms with E-state index in [1.165, 1.54) is 6.07 Å². The van der Waals surface area contributed by atoms with Crippen molar-refractivity contribution in [3.8, 4) is 11.8 Å². The average molecular weight is 260 g/mol. The van der Waals surface area contributed by atoms with Crippen LogP contribution in [0.25, 0.3) is 0 Å². The molecule has 5 heteroatoms. The van der Waals surface area contributed by atoms with Crippen molar-refractivity contribution in [2.45, 2.75) is 25.9 Å². The molecule has 0 aliphatic carbocycles.